The number of carbonyl (C=O) groups is 1. The van der Waals surface area contributed by atoms with E-state index in [1.165, 1.54) is 0 Å². The van der Waals surface area contributed by atoms with Crippen LogP contribution in [0.15, 0.2) is 12.1 Å². The zero-order valence-electron chi connectivity index (χ0n) is 14.9. The smallest absolute Gasteiger partial charge is 0.269 e. The predicted octanol–water partition coefficient (Wildman–Crippen LogP) is 1.42. The summed E-state index contributed by atoms with van der Waals surface area (Å²) in [4.78, 5) is 14.9. The number of rotatable bonds is 4. The lowest BCUT2D eigenvalue weighted by atomic mass is 10.1. The predicted molar refractivity (Wildman–Crippen MR) is 93.2 cm³/mol. The van der Waals surface area contributed by atoms with Crippen LogP contribution in [-0.4, -0.2) is 44.6 Å². The molecule has 3 heterocycles. The maximum absolute atomic E-state index is 12.6. The average molecular weight is 330 g/mol. The van der Waals surface area contributed by atoms with E-state index in [2.05, 4.69) is 26.5 Å². The molecule has 0 radical (unpaired) electrons. The highest BCUT2D eigenvalue weighted by atomic mass is 16.2. The van der Waals surface area contributed by atoms with Crippen LogP contribution < -0.4 is 10.2 Å². The molecule has 1 fully saturated rings. The monoisotopic (exact) mass is 330 g/mol. The second-order valence-corrected chi connectivity index (χ2v) is 6.52. The van der Waals surface area contributed by atoms with Crippen LogP contribution in [0.25, 0.3) is 0 Å². The summed E-state index contributed by atoms with van der Waals surface area (Å²) >= 11 is 0. The van der Waals surface area contributed by atoms with Crippen molar-refractivity contribution < 1.29 is 4.79 Å². The Morgan fingerprint density at radius 1 is 1.29 bits per heavy atom. The van der Waals surface area contributed by atoms with Crippen LogP contribution in [0.2, 0.25) is 0 Å². The van der Waals surface area contributed by atoms with E-state index in [0.717, 1.165) is 49.6 Å². The average Bonchev–Trinajstić information content (AvgIpc) is 3.09. The van der Waals surface area contributed by atoms with Gasteiger partial charge in [-0.05, 0) is 32.3 Å². The summed E-state index contributed by atoms with van der Waals surface area (Å²) in [6, 6.07) is 4.11. The second-order valence-electron chi connectivity index (χ2n) is 6.52. The fourth-order valence-corrected chi connectivity index (χ4v) is 3.37. The minimum atomic E-state index is -0.0438. The third-order valence-electron chi connectivity index (χ3n) is 4.58. The van der Waals surface area contributed by atoms with Crippen LogP contribution in [0.4, 0.5) is 5.82 Å². The zero-order chi connectivity index (χ0) is 17.3. The molecule has 2 aromatic rings. The summed E-state index contributed by atoms with van der Waals surface area (Å²) < 4.78 is 3.58. The molecule has 1 unspecified atom stereocenters. The van der Waals surface area contributed by atoms with E-state index in [-0.39, 0.29) is 11.9 Å². The van der Waals surface area contributed by atoms with Crippen molar-refractivity contribution in [1.29, 1.82) is 0 Å². The van der Waals surface area contributed by atoms with Crippen LogP contribution >= 0.6 is 0 Å². The number of carbonyl (C=O) groups excluding carboxylic acids is 1. The molecule has 2 aromatic heterocycles. The molecule has 1 atom stereocenters. The molecule has 7 heteroatoms. The molecule has 24 heavy (non-hydrogen) atoms. The quantitative estimate of drug-likeness (QED) is 0.921. The number of anilines is 1. The number of piperidine rings is 1. The number of nitrogens with zero attached hydrogens (tertiary/aromatic N) is 5. The molecule has 1 aliphatic heterocycles. The van der Waals surface area contributed by atoms with Crippen LogP contribution in [0.5, 0.6) is 0 Å². The Bertz CT molecular complexity index is 732. The largest absolute Gasteiger partial charge is 0.355 e. The molecule has 1 N–H and O–H groups in total. The molecule has 0 aliphatic carbocycles. The number of aromatic nitrogens is 4. The van der Waals surface area contributed by atoms with Crippen molar-refractivity contribution in [2.45, 2.75) is 39.2 Å². The Labute approximate surface area is 142 Å². The van der Waals surface area contributed by atoms with Crippen molar-refractivity contribution in [3.63, 3.8) is 0 Å². The van der Waals surface area contributed by atoms with Crippen molar-refractivity contribution >= 4 is 11.7 Å². The maximum atomic E-state index is 12.6. The molecule has 3 rings (SSSR count). The first-order valence-corrected chi connectivity index (χ1v) is 8.57. The Hall–Kier alpha value is -2.31. The molecule has 7 nitrogen and oxygen atoms in total. The lowest BCUT2D eigenvalue weighted by Crippen LogP contribution is -2.48. The molecule has 130 valence electrons. The number of hydrogen-bond acceptors (Lipinski definition) is 4. The fourth-order valence-electron chi connectivity index (χ4n) is 3.37. The lowest BCUT2D eigenvalue weighted by molar-refractivity contribution is 0.0923. The van der Waals surface area contributed by atoms with Gasteiger partial charge in [-0.25, -0.2) is 0 Å². The summed E-state index contributed by atoms with van der Waals surface area (Å²) in [6.07, 6.45) is 2.89. The van der Waals surface area contributed by atoms with Gasteiger partial charge in [-0.3, -0.25) is 14.2 Å². The van der Waals surface area contributed by atoms with E-state index in [9.17, 15) is 4.79 Å². The molecule has 0 spiro atoms. The first-order valence-electron chi connectivity index (χ1n) is 8.57. The van der Waals surface area contributed by atoms with Gasteiger partial charge in [0.25, 0.3) is 5.91 Å². The number of aryl methyl sites for hydroxylation is 4. The number of hydrogen-bond donors (Lipinski definition) is 1. The van der Waals surface area contributed by atoms with Crippen molar-refractivity contribution in [2.75, 3.05) is 18.0 Å². The number of nitrogens with one attached hydrogen (secondary N) is 1. The molecule has 1 aliphatic rings. The van der Waals surface area contributed by atoms with Gasteiger partial charge in [0.05, 0.1) is 11.4 Å². The summed E-state index contributed by atoms with van der Waals surface area (Å²) in [5.41, 5.74) is 2.58. The van der Waals surface area contributed by atoms with Crippen molar-refractivity contribution in [1.82, 2.24) is 24.9 Å². The second kappa shape index (κ2) is 6.67. The standard InChI is InChI=1S/C17H26N6O/c1-5-13-10-15(21(3)20-13)17(24)18-14-7-6-8-23(11-14)16-9-12(2)19-22(16)4/h9-10,14H,5-8,11H2,1-4H3,(H,18,24). The SMILES string of the molecule is CCc1cc(C(=O)NC2CCCN(c3cc(C)nn3C)C2)n(C)n1. The van der Waals surface area contributed by atoms with Gasteiger partial charge < -0.3 is 10.2 Å². The Morgan fingerprint density at radius 2 is 2.08 bits per heavy atom. The topological polar surface area (TPSA) is 68.0 Å². The molecular weight excluding hydrogens is 304 g/mol. The van der Waals surface area contributed by atoms with Crippen molar-refractivity contribution in [3.8, 4) is 0 Å². The van der Waals surface area contributed by atoms with Gasteiger partial charge in [-0.2, -0.15) is 10.2 Å². The molecule has 0 saturated carbocycles. The Kier molecular flexibility index (Phi) is 4.59. The van der Waals surface area contributed by atoms with Crippen LogP contribution in [0.1, 0.15) is 41.6 Å². The minimum Gasteiger partial charge on any atom is -0.355 e. The Morgan fingerprint density at radius 3 is 2.71 bits per heavy atom. The third-order valence-corrected chi connectivity index (χ3v) is 4.58. The normalized spacial score (nSPS) is 18.0. The highest BCUT2D eigenvalue weighted by Gasteiger charge is 2.25. The third kappa shape index (κ3) is 3.29. The van der Waals surface area contributed by atoms with Gasteiger partial charge in [0, 0.05) is 39.3 Å². The fraction of sp³-hybridized carbons (Fsp3) is 0.588. The molecule has 0 aromatic carbocycles. The van der Waals surface area contributed by atoms with Gasteiger partial charge in [0.2, 0.25) is 0 Å². The molecule has 0 bridgehead atoms. The van der Waals surface area contributed by atoms with E-state index in [1.807, 2.05) is 38.7 Å². The minimum absolute atomic E-state index is 0.0438. The van der Waals surface area contributed by atoms with E-state index < -0.39 is 0 Å². The van der Waals surface area contributed by atoms with Crippen LogP contribution in [0.3, 0.4) is 0 Å². The Balaban J connectivity index is 1.67. The molecule has 1 saturated heterocycles. The molecule has 1 amide bonds. The van der Waals surface area contributed by atoms with Gasteiger partial charge >= 0.3 is 0 Å². The van der Waals surface area contributed by atoms with E-state index in [4.69, 9.17) is 0 Å². The van der Waals surface area contributed by atoms with Gasteiger partial charge in [0.15, 0.2) is 0 Å². The summed E-state index contributed by atoms with van der Waals surface area (Å²) in [5.74, 6) is 1.07. The molecular formula is C17H26N6O. The van der Waals surface area contributed by atoms with E-state index in [0.29, 0.717) is 5.69 Å². The van der Waals surface area contributed by atoms with Crippen LogP contribution in [0, 0.1) is 6.92 Å². The summed E-state index contributed by atoms with van der Waals surface area (Å²) in [6.45, 7) is 5.85. The number of amides is 1. The van der Waals surface area contributed by atoms with Crippen molar-refractivity contribution in [2.24, 2.45) is 14.1 Å². The van der Waals surface area contributed by atoms with Gasteiger partial charge in [-0.1, -0.05) is 6.92 Å². The van der Waals surface area contributed by atoms with E-state index in [1.54, 1.807) is 4.68 Å². The van der Waals surface area contributed by atoms with Gasteiger partial charge in [-0.15, -0.1) is 0 Å². The highest BCUT2D eigenvalue weighted by molar-refractivity contribution is 5.92. The highest BCUT2D eigenvalue weighted by Crippen LogP contribution is 2.20. The first-order chi connectivity index (χ1) is 11.5. The zero-order valence-corrected chi connectivity index (χ0v) is 14.9. The van der Waals surface area contributed by atoms with Gasteiger partial charge in [0.1, 0.15) is 11.5 Å². The van der Waals surface area contributed by atoms with Crippen LogP contribution in [-0.2, 0) is 20.5 Å². The van der Waals surface area contributed by atoms with E-state index >= 15 is 0 Å². The summed E-state index contributed by atoms with van der Waals surface area (Å²) in [5, 5.41) is 11.9. The first kappa shape index (κ1) is 16.5. The van der Waals surface area contributed by atoms with Crippen molar-refractivity contribution in [3.05, 3.63) is 29.2 Å². The maximum Gasteiger partial charge on any atom is 0.269 e. The lowest BCUT2D eigenvalue weighted by Gasteiger charge is -2.34. The summed E-state index contributed by atoms with van der Waals surface area (Å²) in [7, 11) is 3.78.